The van der Waals surface area contributed by atoms with Gasteiger partial charge in [-0.2, -0.15) is 13.2 Å². The minimum absolute atomic E-state index is 0.00303. The molecule has 15 heteroatoms. The molecule has 2 aliphatic rings. The zero-order chi connectivity index (χ0) is 51.6. The monoisotopic (exact) mass is 1030 g/mol. The van der Waals surface area contributed by atoms with E-state index in [1.54, 1.807) is 49.4 Å². The molecule has 11 nitrogen and oxygen atoms in total. The highest BCUT2D eigenvalue weighted by Gasteiger charge is 2.63. The third-order valence-electron chi connectivity index (χ3n) is 12.8. The van der Waals surface area contributed by atoms with Crippen molar-refractivity contribution in [1.29, 1.82) is 0 Å². The van der Waals surface area contributed by atoms with Gasteiger partial charge in [0.15, 0.2) is 18.5 Å². The number of fused-ring (bicyclic) bond motifs is 1. The lowest BCUT2D eigenvalue weighted by molar-refractivity contribution is -0.367. The van der Waals surface area contributed by atoms with Gasteiger partial charge in [0.25, 0.3) is 0 Å². The molecule has 0 spiro atoms. The van der Waals surface area contributed by atoms with Gasteiger partial charge in [-0.25, -0.2) is 14.4 Å². The van der Waals surface area contributed by atoms with Crippen LogP contribution in [0.2, 0.25) is 0 Å². The number of aryl methyl sites for hydroxylation is 1. The van der Waals surface area contributed by atoms with Gasteiger partial charge in [-0.05, 0) is 90.3 Å². The van der Waals surface area contributed by atoms with Crippen molar-refractivity contribution >= 4 is 40.4 Å². The molecule has 9 rings (SSSR count). The number of alkyl halides is 3. The number of halogens is 3. The van der Waals surface area contributed by atoms with E-state index in [1.165, 1.54) is 60.3 Å². The second-order valence-electron chi connectivity index (χ2n) is 18.0. The van der Waals surface area contributed by atoms with Crippen molar-refractivity contribution in [2.24, 2.45) is 5.92 Å². The molecular formula is C59H53F3O11S. The van der Waals surface area contributed by atoms with Crippen LogP contribution in [0.3, 0.4) is 0 Å². The summed E-state index contributed by atoms with van der Waals surface area (Å²) in [6.45, 7) is 3.04. The molecule has 0 bridgehead atoms. The Morgan fingerprint density at radius 3 is 1.68 bits per heavy atom. The molecule has 0 aromatic heterocycles. The maximum Gasteiger partial charge on any atom is 0.400 e. The van der Waals surface area contributed by atoms with E-state index in [0.717, 1.165) is 27.5 Å². The Morgan fingerprint density at radius 1 is 0.541 bits per heavy atom. The van der Waals surface area contributed by atoms with Crippen molar-refractivity contribution < 1.29 is 65.4 Å². The molecule has 0 N–H and O–H groups in total. The Kier molecular flexibility index (Phi) is 16.9. The maximum atomic E-state index is 16.4. The van der Waals surface area contributed by atoms with Crippen LogP contribution < -0.4 is 0 Å². The largest absolute Gasteiger partial charge is 0.459 e. The van der Waals surface area contributed by atoms with Gasteiger partial charge < -0.3 is 37.9 Å². The number of ether oxygens (including phenoxy) is 8. The van der Waals surface area contributed by atoms with E-state index in [1.807, 2.05) is 104 Å². The van der Waals surface area contributed by atoms with Crippen LogP contribution in [-0.2, 0) is 51.1 Å². The molecule has 74 heavy (non-hydrogen) atoms. The van der Waals surface area contributed by atoms with Crippen LogP contribution in [0, 0.1) is 12.8 Å². The summed E-state index contributed by atoms with van der Waals surface area (Å²) >= 11 is 1.21. The zero-order valence-electron chi connectivity index (χ0n) is 40.3. The molecule has 7 aromatic carbocycles. The molecule has 0 amide bonds. The summed E-state index contributed by atoms with van der Waals surface area (Å²) in [5.41, 5.74) is 1.53. The highest BCUT2D eigenvalue weighted by molar-refractivity contribution is 7.99. The first-order valence-electron chi connectivity index (χ1n) is 24.1. The van der Waals surface area contributed by atoms with E-state index < -0.39 is 91.1 Å². The average Bonchev–Trinajstić information content (AvgIpc) is 3.42. The third kappa shape index (κ3) is 12.9. The number of esters is 3. The fourth-order valence-corrected chi connectivity index (χ4v) is 10.1. The van der Waals surface area contributed by atoms with E-state index in [4.69, 9.17) is 37.9 Å². The predicted molar refractivity (Wildman–Crippen MR) is 270 cm³/mol. The van der Waals surface area contributed by atoms with Gasteiger partial charge in [0, 0.05) is 4.90 Å². The maximum absolute atomic E-state index is 16.4. The van der Waals surface area contributed by atoms with Crippen molar-refractivity contribution in [3.05, 3.63) is 221 Å². The molecule has 10 unspecified atom stereocenters. The molecule has 0 saturated carbocycles. The second kappa shape index (κ2) is 24.0. The van der Waals surface area contributed by atoms with Crippen LogP contribution in [0.5, 0.6) is 0 Å². The Bertz CT molecular complexity index is 2950. The minimum Gasteiger partial charge on any atom is -0.459 e. The first kappa shape index (κ1) is 52.0. The van der Waals surface area contributed by atoms with Gasteiger partial charge in [-0.15, -0.1) is 0 Å². The fourth-order valence-electron chi connectivity index (χ4n) is 8.95. The van der Waals surface area contributed by atoms with Crippen molar-refractivity contribution in [2.75, 3.05) is 6.61 Å². The summed E-state index contributed by atoms with van der Waals surface area (Å²) in [4.78, 5) is 42.3. The SMILES string of the molecule is Cc1ccc(SC2OC(C)C(OCc3ccc4ccccc4c3)C(OCc3ccccc3)C2OC2OC(COC(=O)c3ccccc3)C(OC(=O)c3ccccc3)C(OC(=O)c3ccccc3)C2C(F)(F)F)cc1. The van der Waals surface area contributed by atoms with Crippen LogP contribution in [0.25, 0.3) is 10.8 Å². The number of carbonyl (C=O) groups excluding carboxylic acids is 3. The first-order chi connectivity index (χ1) is 35.9. The van der Waals surface area contributed by atoms with Crippen LogP contribution >= 0.6 is 11.8 Å². The van der Waals surface area contributed by atoms with Gasteiger partial charge in [0.05, 0.1) is 36.0 Å². The molecule has 10 atom stereocenters. The van der Waals surface area contributed by atoms with Crippen LogP contribution in [0.15, 0.2) is 193 Å². The highest BCUT2D eigenvalue weighted by atomic mass is 32.2. The summed E-state index contributed by atoms with van der Waals surface area (Å²) in [5.74, 6) is -5.88. The normalized spacial score (nSPS) is 23.9. The van der Waals surface area contributed by atoms with Gasteiger partial charge in [-0.1, -0.05) is 151 Å². The van der Waals surface area contributed by atoms with Crippen molar-refractivity contribution in [1.82, 2.24) is 0 Å². The lowest BCUT2D eigenvalue weighted by Crippen LogP contribution is -2.65. The van der Waals surface area contributed by atoms with Crippen molar-refractivity contribution in [2.45, 2.75) is 92.6 Å². The first-order valence-corrected chi connectivity index (χ1v) is 25.0. The molecule has 0 radical (unpaired) electrons. The quantitative estimate of drug-likeness (QED) is 0.0637. The van der Waals surface area contributed by atoms with E-state index in [9.17, 15) is 14.4 Å². The number of rotatable bonds is 17. The summed E-state index contributed by atoms with van der Waals surface area (Å²) in [6.07, 6.45) is -17.9. The lowest BCUT2D eigenvalue weighted by atomic mass is 9.89. The molecule has 0 aliphatic carbocycles. The van der Waals surface area contributed by atoms with Gasteiger partial charge in [0.2, 0.25) is 0 Å². The topological polar surface area (TPSA) is 125 Å². The summed E-state index contributed by atoms with van der Waals surface area (Å²) < 4.78 is 100. The number of hydrogen-bond donors (Lipinski definition) is 0. The van der Waals surface area contributed by atoms with Crippen molar-refractivity contribution in [3.63, 3.8) is 0 Å². The smallest absolute Gasteiger partial charge is 0.400 e. The van der Waals surface area contributed by atoms with Crippen LogP contribution in [0.1, 0.15) is 54.7 Å². The second-order valence-corrected chi connectivity index (χ2v) is 19.2. The lowest BCUT2D eigenvalue weighted by Gasteiger charge is -2.49. The van der Waals surface area contributed by atoms with E-state index in [2.05, 4.69) is 0 Å². The number of carbonyl (C=O) groups is 3. The van der Waals surface area contributed by atoms with Gasteiger partial charge >= 0.3 is 24.1 Å². The van der Waals surface area contributed by atoms with Gasteiger partial charge in [0.1, 0.15) is 42.4 Å². The average molecular weight is 1030 g/mol. The molecule has 7 aromatic rings. The molecule has 2 heterocycles. The summed E-state index contributed by atoms with van der Waals surface area (Å²) in [7, 11) is 0. The Morgan fingerprint density at radius 2 is 1.07 bits per heavy atom. The number of benzene rings is 7. The standard InChI is InChI=1S/C59H53F3O11S/c1-37-27-31-46(32-28-37)74-58-53(52(67-34-39-17-7-3-8-18-39)49(38(2)69-58)66-35-40-29-30-41-19-15-16-26-45(41)33-40)73-57-48(59(60,61)62)51(72-56(65)44-24-13-6-14-25-44)50(71-55(64)43-22-11-5-12-23-43)47(70-57)36-68-54(63)42-20-9-4-10-21-42/h3-33,38,47-53,57-58H,34-36H2,1-2H3. The van der Waals surface area contributed by atoms with Crippen LogP contribution in [0.4, 0.5) is 13.2 Å². The molecule has 2 saturated heterocycles. The molecular weight excluding hydrogens is 974 g/mol. The summed E-state index contributed by atoms with van der Waals surface area (Å²) in [5, 5.41) is 2.02. The number of thioether (sulfide) groups is 1. The minimum atomic E-state index is -5.27. The van der Waals surface area contributed by atoms with E-state index in [0.29, 0.717) is 4.90 Å². The molecule has 382 valence electrons. The highest BCUT2D eigenvalue weighted by Crippen LogP contribution is 2.46. The van der Waals surface area contributed by atoms with E-state index >= 15 is 13.2 Å². The predicted octanol–water partition coefficient (Wildman–Crippen LogP) is 11.8. The Balaban J connectivity index is 1.14. The van der Waals surface area contributed by atoms with E-state index in [-0.39, 0.29) is 29.9 Å². The number of hydrogen-bond acceptors (Lipinski definition) is 12. The Labute approximate surface area is 430 Å². The van der Waals surface area contributed by atoms with Crippen LogP contribution in [-0.4, -0.2) is 85.1 Å². The Hall–Kier alpha value is -6.85. The zero-order valence-corrected chi connectivity index (χ0v) is 41.1. The van der Waals surface area contributed by atoms with Crippen molar-refractivity contribution in [3.8, 4) is 0 Å². The molecule has 2 aliphatic heterocycles. The third-order valence-corrected chi connectivity index (χ3v) is 13.9. The molecule has 2 fully saturated rings. The van der Waals surface area contributed by atoms with Gasteiger partial charge in [-0.3, -0.25) is 0 Å². The fraction of sp³-hybridized carbons (Fsp3) is 0.271. The summed E-state index contributed by atoms with van der Waals surface area (Å²) in [6, 6.07) is 53.5.